The Morgan fingerprint density at radius 1 is 0.935 bits per heavy atom. The van der Waals surface area contributed by atoms with Crippen LogP contribution in [-0.4, -0.2) is 58.9 Å². The third kappa shape index (κ3) is 10.3. The lowest BCUT2D eigenvalue weighted by atomic mass is 10.8. The Morgan fingerprint density at radius 3 is 2.03 bits per heavy atom. The molecule has 172 valence electrons. The van der Waals surface area contributed by atoms with Gasteiger partial charge in [-0.05, 0) is 36.3 Å². The number of hydrogen-bond donors (Lipinski definition) is 4. The average molecular weight is 474 g/mol. The number of thioether (sulfide) groups is 1. The maximum Gasteiger partial charge on any atom is 0.326 e. The highest BCUT2D eigenvalue weighted by Gasteiger charge is 2.29. The van der Waals surface area contributed by atoms with Gasteiger partial charge in [0.25, 0.3) is 0 Å². The van der Waals surface area contributed by atoms with E-state index in [0.717, 1.165) is 5.56 Å². The number of carbonyl (C=O) groups is 4. The standard InChI is InChI=1S/C22H33N3O5S/c1-14(2)12-18(24-20(27)17(10-11-31-4)23-15(3)26)21(28)25-19(22(29)30)13-16-8-6-5-7-9-16/h5-9,14,17-19H,10-13H2,1-4H3,(H,23,26)(H,24,27)(H,25,28)(H,29,30)/t17-,18-,19-/m0/s1/i1+1,2+1,4+1,5+1,6+1,7+1,8+1,9+1,10+1,11+1,12+1,13+1,14+1,16+1,17+1,18+1,19+1,20+1,21+1,22+1,23+1,24+1,25+1. The molecule has 0 aliphatic rings. The summed E-state index contributed by atoms with van der Waals surface area (Å²) in [6, 6.07) is 6.22. The Labute approximate surface area is 187 Å². The lowest BCUT2D eigenvalue weighted by Crippen LogP contribution is -2.56. The van der Waals surface area contributed by atoms with Gasteiger partial charge in [0.05, 0.1) is 0 Å². The second-order valence-corrected chi connectivity index (χ2v) is 8.80. The van der Waals surface area contributed by atoms with E-state index in [1.165, 1.54) is 6.92 Å². The van der Waals surface area contributed by atoms with Crippen LogP contribution in [-0.2, 0) is 25.6 Å². The topological polar surface area (TPSA) is 125 Å². The average Bonchev–Trinajstić information content (AvgIpc) is 2.70. The molecular weight excluding hydrogens is 441 g/mol. The molecule has 0 unspecified atom stereocenters. The van der Waals surface area contributed by atoms with Gasteiger partial charge in [-0.25, -0.2) is 4.79 Å². The third-order valence-corrected chi connectivity index (χ3v) is 5.19. The van der Waals surface area contributed by atoms with Crippen LogP contribution >= 0.6 is 11.8 Å². The number of hydrogen-bond acceptors (Lipinski definition) is 5. The molecule has 4 N–H and O–H groups in total. The van der Waals surface area contributed by atoms with E-state index in [9.17, 15) is 24.3 Å². The van der Waals surface area contributed by atoms with Crippen molar-refractivity contribution in [2.24, 2.45) is 5.92 Å². The minimum Gasteiger partial charge on any atom is -0.480 e. The van der Waals surface area contributed by atoms with E-state index in [1.807, 2.05) is 26.2 Å². The fourth-order valence-corrected chi connectivity index (χ4v) is 3.52. The number of nitrogens with one attached hydrogen (secondary N) is 3. The van der Waals surface area contributed by atoms with Gasteiger partial charge in [-0.3, -0.25) is 14.4 Å². The normalized spacial score (nSPS) is 13.7. The highest BCUT2D eigenvalue weighted by Crippen LogP contribution is 2.09. The number of rotatable bonds is 13. The summed E-state index contributed by atoms with van der Waals surface area (Å²) in [6.07, 6.45) is 2.79. The molecule has 31 heavy (non-hydrogen) atoms. The van der Waals surface area contributed by atoms with E-state index in [0.29, 0.717) is 18.6 Å². The van der Waals surface area contributed by atoms with Crippen molar-refractivity contribution in [3.05, 3.63) is 35.9 Å². The summed E-state index contributed by atoms with van der Waals surface area (Å²) in [5, 5.41) is 17.4. The monoisotopic (exact) mass is 474 g/mol. The van der Waals surface area contributed by atoms with Crippen molar-refractivity contribution in [3.63, 3.8) is 0 Å². The molecule has 8 nitrogen and oxygen atoms in total. The molecule has 0 saturated carbocycles. The minimum absolute atomic E-state index is 0.0823. The fraction of sp³-hybridized carbons (Fsp3) is 0.545. The van der Waals surface area contributed by atoms with Gasteiger partial charge in [-0.1, -0.05) is 44.2 Å². The Balaban J connectivity index is 2.91. The number of amides is 3. The summed E-state index contributed by atoms with van der Waals surface area (Å²) in [6.45, 7) is 5.15. The summed E-state index contributed by atoms with van der Waals surface area (Å²) < 4.78 is 0. The Hall–Kier alpha value is -2.55. The maximum absolute atomic E-state index is 12.9. The van der Waals surface area contributed by atoms with Crippen molar-refractivity contribution in [2.75, 3.05) is 12.0 Å². The van der Waals surface area contributed by atoms with E-state index in [2.05, 4.69) is 16.0 Å². The first-order valence-corrected chi connectivity index (χ1v) is 11.7. The molecule has 3 atom stereocenters. The van der Waals surface area contributed by atoms with Crippen LogP contribution in [0.15, 0.2) is 30.3 Å². The van der Waals surface area contributed by atoms with E-state index in [-0.39, 0.29) is 18.2 Å². The quantitative estimate of drug-likeness (QED) is 0.254. The molecule has 1 aromatic carbocycles. The predicted molar refractivity (Wildman–Crippen MR) is 122 cm³/mol. The summed E-state index contributed by atoms with van der Waals surface area (Å²) in [4.78, 5) is 48.8. The zero-order chi connectivity index (χ0) is 23.4. The number of aliphatic carboxylic acids is 1. The summed E-state index contributed by atoms with van der Waals surface area (Å²) in [5.41, 5.74) is 0.780. The lowest BCUT2D eigenvalue weighted by Gasteiger charge is -2.25. The lowest BCUT2D eigenvalue weighted by molar-refractivity contribution is -0.142. The largest absolute Gasteiger partial charge is 0.480 e. The van der Waals surface area contributed by atoms with Crippen molar-refractivity contribution in [1.29, 1.82) is 0 Å². The van der Waals surface area contributed by atoms with Crippen LogP contribution in [0.2, 0.25) is 0 Å². The number of carbonyl (C=O) groups excluding carboxylic acids is 3. The zero-order valence-electron chi connectivity index (χ0n) is 18.5. The number of benzene rings is 1. The van der Waals surface area contributed by atoms with Gasteiger partial charge < -0.3 is 21.1 Å². The van der Waals surface area contributed by atoms with Crippen LogP contribution in [0.25, 0.3) is 0 Å². The third-order valence-electron chi connectivity index (χ3n) is 4.54. The molecule has 0 fully saturated rings. The number of carboxylic acid groups (broad SMARTS) is 1. The van der Waals surface area contributed by atoms with Gasteiger partial charge in [0.2, 0.25) is 17.7 Å². The van der Waals surface area contributed by atoms with Crippen LogP contribution < -0.4 is 16.0 Å². The molecule has 1 rings (SSSR count). The molecule has 0 heterocycles. The van der Waals surface area contributed by atoms with Gasteiger partial charge in [0.15, 0.2) is 0 Å². The smallest absolute Gasteiger partial charge is 0.326 e. The fourth-order valence-electron chi connectivity index (χ4n) is 3.05. The van der Waals surface area contributed by atoms with Crippen molar-refractivity contribution in [1.82, 2.24) is 16.0 Å². The molecule has 0 spiro atoms. The van der Waals surface area contributed by atoms with Crippen molar-refractivity contribution >= 4 is 35.5 Å². The van der Waals surface area contributed by atoms with Crippen LogP contribution in [0.1, 0.15) is 39.2 Å². The van der Waals surface area contributed by atoms with Crippen LogP contribution in [0.5, 0.6) is 0 Å². The van der Waals surface area contributed by atoms with Gasteiger partial charge in [0, 0.05) is 13.3 Å². The highest BCUT2D eigenvalue weighted by atomic mass is 32.2. The van der Waals surface area contributed by atoms with E-state index in [4.69, 9.17) is 0 Å². The van der Waals surface area contributed by atoms with Crippen LogP contribution in [0, 0.1) is 5.92 Å². The summed E-state index contributed by atoms with van der Waals surface area (Å²) in [7, 11) is 0. The predicted octanol–water partition coefficient (Wildman–Crippen LogP) is 1.59. The van der Waals surface area contributed by atoms with E-state index >= 15 is 0 Å². The molecule has 0 bridgehead atoms. The van der Waals surface area contributed by atoms with Crippen molar-refractivity contribution in [2.45, 2.75) is 58.2 Å². The van der Waals surface area contributed by atoms with Crippen molar-refractivity contribution < 1.29 is 24.3 Å². The molecule has 0 aliphatic heterocycles. The first-order chi connectivity index (χ1) is 14.6. The number of carboxylic acids is 1. The molecule has 1 aromatic rings. The molecule has 9 heteroatoms. The van der Waals surface area contributed by atoms with Gasteiger partial charge >= 0.3 is 5.97 Å². The maximum atomic E-state index is 12.9. The molecule has 0 radical (unpaired) electrons. The molecule has 0 saturated heterocycles. The van der Waals surface area contributed by atoms with E-state index in [1.54, 1.807) is 36.0 Å². The zero-order valence-corrected chi connectivity index (χ0v) is 19.3. The second kappa shape index (κ2) is 13.7. The SMILES string of the molecule is CC(=O)[15NH][13C@@H]([13CH2][13CH2]S[13CH3])[13C](=O)[15NH][13C@@H]([13CH2][13CH]([13CH3])[13CH3])[13C](=O)[15NH][13C@@H]([13CH2][13c]1[13cH][13cH][13cH][13cH][13cH]1)[13C](=O)O. The Kier molecular flexibility index (Phi) is 11.7. The summed E-state index contributed by atoms with van der Waals surface area (Å²) in [5.74, 6) is -1.75. The van der Waals surface area contributed by atoms with Crippen molar-refractivity contribution in [3.8, 4) is 0 Å². The summed E-state index contributed by atoms with van der Waals surface area (Å²) >= 11 is 1.55. The van der Waals surface area contributed by atoms with Gasteiger partial charge in [-0.15, -0.1) is 0 Å². The highest BCUT2D eigenvalue weighted by molar-refractivity contribution is 7.98. The molecule has 0 aromatic heterocycles. The van der Waals surface area contributed by atoms with Gasteiger partial charge in [-0.2, -0.15) is 11.8 Å². The first kappa shape index (κ1) is 26.5. The first-order valence-electron chi connectivity index (χ1n) is 10.3. The van der Waals surface area contributed by atoms with E-state index < -0.39 is 35.9 Å². The second-order valence-electron chi connectivity index (χ2n) is 7.81. The van der Waals surface area contributed by atoms with Crippen LogP contribution in [0.3, 0.4) is 0 Å². The van der Waals surface area contributed by atoms with Gasteiger partial charge in [0.1, 0.15) is 18.1 Å². The van der Waals surface area contributed by atoms with Crippen LogP contribution in [0.4, 0.5) is 0 Å². The molecular formula is C22H33N3O5S. The Morgan fingerprint density at radius 2 is 1.52 bits per heavy atom. The minimum atomic E-state index is -1.15. The Bertz CT molecular complexity index is 742. The molecule has 3 amide bonds. The molecule has 0 aliphatic carbocycles.